The van der Waals surface area contributed by atoms with Crippen molar-refractivity contribution in [3.05, 3.63) is 35.9 Å². The van der Waals surface area contributed by atoms with Crippen LogP contribution in [0.5, 0.6) is 0 Å². The molecule has 2 rings (SSSR count). The van der Waals surface area contributed by atoms with E-state index in [1.165, 1.54) is 24.3 Å². The van der Waals surface area contributed by atoms with Gasteiger partial charge in [-0.15, -0.1) is 0 Å². The molecule has 0 spiro atoms. The summed E-state index contributed by atoms with van der Waals surface area (Å²) in [6.45, 7) is 0.743. The second-order valence-electron chi connectivity index (χ2n) is 5.45. The molecule has 1 fully saturated rings. The van der Waals surface area contributed by atoms with Crippen LogP contribution in [0.15, 0.2) is 30.3 Å². The van der Waals surface area contributed by atoms with Gasteiger partial charge in [-0.3, -0.25) is 4.79 Å². The van der Waals surface area contributed by atoms with Crippen LogP contribution in [0.25, 0.3) is 0 Å². The van der Waals surface area contributed by atoms with Crippen molar-refractivity contribution >= 4 is 34.9 Å². The first-order chi connectivity index (χ1) is 10.2. The average Bonchev–Trinajstić information content (AvgIpc) is 2.52. The van der Waals surface area contributed by atoms with Crippen LogP contribution in [-0.2, 0) is 11.2 Å². The molecule has 1 heterocycles. The van der Waals surface area contributed by atoms with Crippen LogP contribution < -0.4 is 11.1 Å². The SMILES string of the molecule is NC(=S)C(Cc1ccccc1)C(=O)NCC1CCSCC1. The summed E-state index contributed by atoms with van der Waals surface area (Å²) in [7, 11) is 0. The molecule has 1 saturated heterocycles. The van der Waals surface area contributed by atoms with E-state index in [9.17, 15) is 4.79 Å². The molecular formula is C16H22N2OS2. The second kappa shape index (κ2) is 8.39. The topological polar surface area (TPSA) is 55.1 Å². The van der Waals surface area contributed by atoms with Crippen molar-refractivity contribution in [2.45, 2.75) is 19.3 Å². The van der Waals surface area contributed by atoms with Crippen LogP contribution >= 0.6 is 24.0 Å². The second-order valence-corrected chi connectivity index (χ2v) is 7.14. The van der Waals surface area contributed by atoms with Crippen LogP contribution in [0.1, 0.15) is 18.4 Å². The number of nitrogens with two attached hydrogens (primary N) is 1. The van der Waals surface area contributed by atoms with E-state index < -0.39 is 5.92 Å². The number of carbonyl (C=O) groups excluding carboxylic acids is 1. The normalized spacial score (nSPS) is 17.1. The molecule has 1 unspecified atom stereocenters. The van der Waals surface area contributed by atoms with Gasteiger partial charge >= 0.3 is 0 Å². The van der Waals surface area contributed by atoms with Gasteiger partial charge in [0.2, 0.25) is 5.91 Å². The number of benzene rings is 1. The van der Waals surface area contributed by atoms with Crippen molar-refractivity contribution in [3.8, 4) is 0 Å². The third-order valence-electron chi connectivity index (χ3n) is 3.85. The first kappa shape index (κ1) is 16.3. The Labute approximate surface area is 136 Å². The minimum atomic E-state index is -0.416. The van der Waals surface area contributed by atoms with Crippen molar-refractivity contribution in [2.75, 3.05) is 18.1 Å². The molecule has 1 aromatic rings. The average molecular weight is 322 g/mol. The fraction of sp³-hybridized carbons (Fsp3) is 0.500. The Balaban J connectivity index is 1.88. The molecule has 0 aromatic heterocycles. The zero-order chi connectivity index (χ0) is 15.1. The summed E-state index contributed by atoms with van der Waals surface area (Å²) < 4.78 is 0. The Morgan fingerprint density at radius 2 is 2.00 bits per heavy atom. The van der Waals surface area contributed by atoms with E-state index in [2.05, 4.69) is 5.32 Å². The van der Waals surface area contributed by atoms with Gasteiger partial charge in [0.1, 0.15) is 0 Å². The highest BCUT2D eigenvalue weighted by atomic mass is 32.2. The lowest BCUT2D eigenvalue weighted by Gasteiger charge is -2.23. The summed E-state index contributed by atoms with van der Waals surface area (Å²) in [5, 5.41) is 3.04. The van der Waals surface area contributed by atoms with E-state index in [0.717, 1.165) is 12.1 Å². The summed E-state index contributed by atoms with van der Waals surface area (Å²) in [6.07, 6.45) is 2.94. The molecule has 0 radical (unpaired) electrons. The van der Waals surface area contributed by atoms with Crippen LogP contribution in [0, 0.1) is 11.8 Å². The van der Waals surface area contributed by atoms with Crippen LogP contribution in [-0.4, -0.2) is 28.9 Å². The number of nitrogens with one attached hydrogen (secondary N) is 1. The third kappa shape index (κ3) is 5.32. The lowest BCUT2D eigenvalue weighted by molar-refractivity contribution is -0.123. The summed E-state index contributed by atoms with van der Waals surface area (Å²) >= 11 is 7.07. The van der Waals surface area contributed by atoms with Crippen molar-refractivity contribution in [1.82, 2.24) is 5.32 Å². The van der Waals surface area contributed by atoms with Gasteiger partial charge in [0.15, 0.2) is 0 Å². The van der Waals surface area contributed by atoms with E-state index in [1.54, 1.807) is 0 Å². The van der Waals surface area contributed by atoms with Gasteiger partial charge < -0.3 is 11.1 Å². The van der Waals surface area contributed by atoms with Crippen molar-refractivity contribution in [3.63, 3.8) is 0 Å². The van der Waals surface area contributed by atoms with Crippen LogP contribution in [0.4, 0.5) is 0 Å². The van der Waals surface area contributed by atoms with Gasteiger partial charge in [0.25, 0.3) is 0 Å². The molecule has 3 nitrogen and oxygen atoms in total. The molecule has 114 valence electrons. The maximum absolute atomic E-state index is 12.3. The molecule has 1 aromatic carbocycles. The van der Waals surface area contributed by atoms with Gasteiger partial charge in [-0.25, -0.2) is 0 Å². The van der Waals surface area contributed by atoms with E-state index >= 15 is 0 Å². The summed E-state index contributed by atoms with van der Waals surface area (Å²) in [6, 6.07) is 9.88. The van der Waals surface area contributed by atoms with E-state index in [1.807, 2.05) is 42.1 Å². The molecule has 5 heteroatoms. The highest BCUT2D eigenvalue weighted by molar-refractivity contribution is 7.99. The zero-order valence-corrected chi connectivity index (χ0v) is 13.7. The minimum absolute atomic E-state index is 0.0374. The zero-order valence-electron chi connectivity index (χ0n) is 12.1. The fourth-order valence-corrected chi connectivity index (χ4v) is 3.89. The Kier molecular flexibility index (Phi) is 6.51. The fourth-order valence-electron chi connectivity index (χ4n) is 2.49. The Bertz CT molecular complexity index is 472. The Morgan fingerprint density at radius 1 is 1.33 bits per heavy atom. The summed E-state index contributed by atoms with van der Waals surface area (Å²) in [5.41, 5.74) is 6.84. The molecule has 1 aliphatic rings. The number of amides is 1. The number of thiocarbonyl (C=S) groups is 1. The number of thioether (sulfide) groups is 1. The Hall–Kier alpha value is -1.07. The van der Waals surface area contributed by atoms with E-state index in [-0.39, 0.29) is 10.9 Å². The van der Waals surface area contributed by atoms with Gasteiger partial charge in [-0.1, -0.05) is 42.5 Å². The molecule has 3 N–H and O–H groups in total. The van der Waals surface area contributed by atoms with Gasteiger partial charge in [-0.05, 0) is 42.2 Å². The van der Waals surface area contributed by atoms with E-state index in [0.29, 0.717) is 12.3 Å². The lowest BCUT2D eigenvalue weighted by atomic mass is 9.97. The first-order valence-corrected chi connectivity index (χ1v) is 8.92. The molecule has 1 amide bonds. The largest absolute Gasteiger partial charge is 0.393 e. The number of hydrogen-bond donors (Lipinski definition) is 2. The summed E-state index contributed by atoms with van der Waals surface area (Å²) in [5.74, 6) is 2.54. The van der Waals surface area contributed by atoms with Crippen molar-refractivity contribution in [2.24, 2.45) is 17.6 Å². The van der Waals surface area contributed by atoms with E-state index in [4.69, 9.17) is 18.0 Å². The van der Waals surface area contributed by atoms with Crippen LogP contribution in [0.2, 0.25) is 0 Å². The standard InChI is InChI=1S/C16H22N2OS2/c17-15(20)14(10-12-4-2-1-3-5-12)16(19)18-11-13-6-8-21-9-7-13/h1-5,13-14H,6-11H2,(H2,17,20)(H,18,19). The maximum Gasteiger partial charge on any atom is 0.230 e. The van der Waals surface area contributed by atoms with Crippen molar-refractivity contribution < 1.29 is 4.79 Å². The third-order valence-corrected chi connectivity index (χ3v) is 5.18. The van der Waals surface area contributed by atoms with Gasteiger partial charge in [0.05, 0.1) is 10.9 Å². The maximum atomic E-state index is 12.3. The highest BCUT2D eigenvalue weighted by Gasteiger charge is 2.23. The predicted molar refractivity (Wildman–Crippen MR) is 93.5 cm³/mol. The number of carbonyl (C=O) groups is 1. The number of rotatable bonds is 6. The molecule has 1 aliphatic heterocycles. The Morgan fingerprint density at radius 3 is 2.62 bits per heavy atom. The molecule has 0 bridgehead atoms. The van der Waals surface area contributed by atoms with Gasteiger partial charge in [0, 0.05) is 6.54 Å². The van der Waals surface area contributed by atoms with Crippen LogP contribution in [0.3, 0.4) is 0 Å². The molecule has 0 aliphatic carbocycles. The monoisotopic (exact) mass is 322 g/mol. The lowest BCUT2D eigenvalue weighted by Crippen LogP contribution is -2.41. The number of hydrogen-bond acceptors (Lipinski definition) is 3. The van der Waals surface area contributed by atoms with Crippen molar-refractivity contribution in [1.29, 1.82) is 0 Å². The predicted octanol–water partition coefficient (Wildman–Crippen LogP) is 2.39. The molecular weight excluding hydrogens is 300 g/mol. The quantitative estimate of drug-likeness (QED) is 0.790. The van der Waals surface area contributed by atoms with Gasteiger partial charge in [-0.2, -0.15) is 11.8 Å². The first-order valence-electron chi connectivity index (χ1n) is 7.35. The summed E-state index contributed by atoms with van der Waals surface area (Å²) in [4.78, 5) is 12.6. The molecule has 1 atom stereocenters. The molecule has 21 heavy (non-hydrogen) atoms. The smallest absolute Gasteiger partial charge is 0.230 e. The molecule has 0 saturated carbocycles. The minimum Gasteiger partial charge on any atom is -0.393 e. The highest BCUT2D eigenvalue weighted by Crippen LogP contribution is 2.22.